The van der Waals surface area contributed by atoms with Gasteiger partial charge in [0.15, 0.2) is 0 Å². The Labute approximate surface area is 145 Å². The van der Waals surface area contributed by atoms with E-state index >= 15 is 0 Å². The molecule has 0 fully saturated rings. The predicted molar refractivity (Wildman–Crippen MR) is 94.5 cm³/mol. The van der Waals surface area contributed by atoms with Crippen LogP contribution in [0.25, 0.3) is 0 Å². The first kappa shape index (κ1) is 16.8. The molecule has 0 spiro atoms. The van der Waals surface area contributed by atoms with Gasteiger partial charge in [-0.1, -0.05) is 30.7 Å². The summed E-state index contributed by atoms with van der Waals surface area (Å²) in [5.74, 6) is 0.435. The van der Waals surface area contributed by atoms with Crippen LogP contribution < -0.4 is 21.0 Å². The van der Waals surface area contributed by atoms with Gasteiger partial charge in [-0.25, -0.2) is 4.98 Å². The third-order valence-electron chi connectivity index (χ3n) is 4.23. The Balaban J connectivity index is 1.97. The molecule has 24 heavy (non-hydrogen) atoms. The highest BCUT2D eigenvalue weighted by Gasteiger charge is 2.21. The van der Waals surface area contributed by atoms with E-state index in [1.807, 2.05) is 24.3 Å². The summed E-state index contributed by atoms with van der Waals surface area (Å²) < 4.78 is 1.23. The summed E-state index contributed by atoms with van der Waals surface area (Å²) in [7, 11) is 1.47. The molecule has 1 aliphatic rings. The zero-order valence-corrected chi connectivity index (χ0v) is 14.6. The number of halogens is 1. The molecule has 0 saturated heterocycles. The van der Waals surface area contributed by atoms with E-state index in [0.717, 1.165) is 30.6 Å². The molecule has 1 aromatic carbocycles. The van der Waals surface area contributed by atoms with Crippen molar-refractivity contribution in [2.75, 3.05) is 19.0 Å². The van der Waals surface area contributed by atoms with Gasteiger partial charge in [0.1, 0.15) is 7.11 Å². The fourth-order valence-electron chi connectivity index (χ4n) is 2.92. The number of benzene rings is 1. The molecule has 6 nitrogen and oxygen atoms in total. The van der Waals surface area contributed by atoms with E-state index in [0.29, 0.717) is 23.1 Å². The van der Waals surface area contributed by atoms with Crippen molar-refractivity contribution >= 4 is 17.5 Å². The van der Waals surface area contributed by atoms with Gasteiger partial charge >= 0.3 is 0 Å². The minimum atomic E-state index is -0.164. The van der Waals surface area contributed by atoms with Gasteiger partial charge in [-0.2, -0.15) is 0 Å². The normalized spacial score (nSPS) is 14.8. The Bertz CT molecular complexity index is 773. The molecule has 128 valence electrons. The Morgan fingerprint density at radius 2 is 2.17 bits per heavy atom. The number of rotatable bonds is 5. The fourth-order valence-corrected chi connectivity index (χ4v) is 3.05. The number of nitrogens with one attached hydrogen (secondary N) is 2. The van der Waals surface area contributed by atoms with E-state index in [1.165, 1.54) is 11.8 Å². The number of fused-ring (bicyclic) bond motifs is 1. The van der Waals surface area contributed by atoms with Gasteiger partial charge < -0.3 is 15.5 Å². The van der Waals surface area contributed by atoms with E-state index in [-0.39, 0.29) is 11.6 Å². The average molecular weight is 349 g/mol. The monoisotopic (exact) mass is 348 g/mol. The molecule has 7 heteroatoms. The van der Waals surface area contributed by atoms with Crippen LogP contribution in [-0.4, -0.2) is 23.4 Å². The van der Waals surface area contributed by atoms with Crippen molar-refractivity contribution in [1.29, 1.82) is 0 Å². The summed E-state index contributed by atoms with van der Waals surface area (Å²) in [6, 6.07) is 7.67. The summed E-state index contributed by atoms with van der Waals surface area (Å²) in [5, 5.41) is 7.23. The van der Waals surface area contributed by atoms with Gasteiger partial charge in [-0.05, 0) is 24.1 Å². The van der Waals surface area contributed by atoms with Crippen molar-refractivity contribution in [2.24, 2.45) is 0 Å². The van der Waals surface area contributed by atoms with Crippen LogP contribution in [0, 0.1) is 0 Å². The topological polar surface area (TPSA) is 68.2 Å². The van der Waals surface area contributed by atoms with Crippen molar-refractivity contribution < 1.29 is 4.84 Å². The largest absolute Gasteiger partial charge is 0.411 e. The van der Waals surface area contributed by atoms with Gasteiger partial charge in [0, 0.05) is 24.5 Å². The van der Waals surface area contributed by atoms with E-state index in [4.69, 9.17) is 16.4 Å². The van der Waals surface area contributed by atoms with Crippen LogP contribution >= 0.6 is 11.6 Å². The maximum absolute atomic E-state index is 12.6. The van der Waals surface area contributed by atoms with Crippen LogP contribution in [-0.2, 0) is 13.0 Å². The highest BCUT2D eigenvalue weighted by atomic mass is 35.5. The number of nitrogens with zero attached hydrogens (tertiary/aromatic N) is 2. The molecule has 0 unspecified atom stereocenters. The summed E-state index contributed by atoms with van der Waals surface area (Å²) in [6.45, 7) is 3.42. The number of hydrogen-bond acceptors (Lipinski definition) is 5. The number of hydrogen-bond donors (Lipinski definition) is 2. The lowest BCUT2D eigenvalue weighted by Gasteiger charge is -2.23. The predicted octanol–water partition coefficient (Wildman–Crippen LogP) is 2.16. The zero-order valence-electron chi connectivity index (χ0n) is 13.8. The molecule has 2 aromatic rings. The maximum atomic E-state index is 12.6. The molecule has 1 atom stereocenters. The molecular formula is C17H21ClN4O2. The second kappa shape index (κ2) is 7.23. The lowest BCUT2D eigenvalue weighted by atomic mass is 10.0. The minimum Gasteiger partial charge on any atom is -0.411 e. The molecule has 0 radical (unpaired) electrons. The Hall–Kier alpha value is -2.05. The molecule has 0 bridgehead atoms. The SMILES string of the molecule is CC[C@@H](Nc1nc2c(c(=O)n1OC)CNCC2)c1ccc(Cl)cc1. The third-order valence-corrected chi connectivity index (χ3v) is 4.48. The fraction of sp³-hybridized carbons (Fsp3) is 0.412. The molecule has 1 aromatic heterocycles. The summed E-state index contributed by atoms with van der Waals surface area (Å²) in [5.41, 5.74) is 2.43. The maximum Gasteiger partial charge on any atom is 0.292 e. The van der Waals surface area contributed by atoms with Crippen molar-refractivity contribution in [3.63, 3.8) is 0 Å². The van der Waals surface area contributed by atoms with Crippen LogP contribution in [0.4, 0.5) is 5.95 Å². The second-order valence-corrected chi connectivity index (χ2v) is 6.16. The molecule has 2 heterocycles. The number of aromatic nitrogens is 2. The van der Waals surface area contributed by atoms with Crippen LogP contribution in [0.5, 0.6) is 0 Å². The first-order valence-corrected chi connectivity index (χ1v) is 8.43. The van der Waals surface area contributed by atoms with Gasteiger partial charge in [0.2, 0.25) is 5.95 Å². The van der Waals surface area contributed by atoms with E-state index in [2.05, 4.69) is 22.5 Å². The molecule has 0 aliphatic carbocycles. The molecule has 0 amide bonds. The molecule has 3 rings (SSSR count). The first-order chi connectivity index (χ1) is 11.6. The molecule has 2 N–H and O–H groups in total. The number of anilines is 1. The van der Waals surface area contributed by atoms with Crippen LogP contribution in [0.15, 0.2) is 29.1 Å². The van der Waals surface area contributed by atoms with Crippen LogP contribution in [0.2, 0.25) is 5.02 Å². The van der Waals surface area contributed by atoms with Crippen LogP contribution in [0.3, 0.4) is 0 Å². The second-order valence-electron chi connectivity index (χ2n) is 5.73. The van der Waals surface area contributed by atoms with Gasteiger partial charge in [-0.3, -0.25) is 4.79 Å². The van der Waals surface area contributed by atoms with Gasteiger partial charge in [0.05, 0.1) is 17.3 Å². The Morgan fingerprint density at radius 1 is 1.42 bits per heavy atom. The lowest BCUT2D eigenvalue weighted by Crippen LogP contribution is -2.38. The standard InChI is InChI=1S/C17H21ClN4O2/c1-3-14(11-4-6-12(18)7-5-11)20-17-21-15-8-9-19-10-13(15)16(23)22(17)24-2/h4-7,14,19H,3,8-10H2,1-2H3,(H,20,21)/t14-/m1/s1. The smallest absolute Gasteiger partial charge is 0.292 e. The summed E-state index contributed by atoms with van der Waals surface area (Å²) in [6.07, 6.45) is 1.57. The summed E-state index contributed by atoms with van der Waals surface area (Å²) >= 11 is 5.96. The highest BCUT2D eigenvalue weighted by molar-refractivity contribution is 6.30. The van der Waals surface area contributed by atoms with Crippen molar-refractivity contribution in [3.8, 4) is 0 Å². The highest BCUT2D eigenvalue weighted by Crippen LogP contribution is 2.23. The molecular weight excluding hydrogens is 328 g/mol. The van der Waals surface area contributed by atoms with Crippen molar-refractivity contribution in [3.05, 3.63) is 56.5 Å². The van der Waals surface area contributed by atoms with Crippen molar-refractivity contribution in [1.82, 2.24) is 15.0 Å². The third kappa shape index (κ3) is 3.25. The minimum absolute atomic E-state index is 0.00957. The van der Waals surface area contributed by atoms with E-state index in [1.54, 1.807) is 0 Å². The van der Waals surface area contributed by atoms with Gasteiger partial charge in [0.25, 0.3) is 5.56 Å². The Morgan fingerprint density at radius 3 is 2.83 bits per heavy atom. The van der Waals surface area contributed by atoms with E-state index < -0.39 is 0 Å². The lowest BCUT2D eigenvalue weighted by molar-refractivity contribution is 0.157. The average Bonchev–Trinajstić information content (AvgIpc) is 2.61. The van der Waals surface area contributed by atoms with Gasteiger partial charge in [-0.15, -0.1) is 4.73 Å². The zero-order chi connectivity index (χ0) is 17.1. The van der Waals surface area contributed by atoms with Crippen LogP contribution in [0.1, 0.15) is 36.2 Å². The Kier molecular flexibility index (Phi) is 5.06. The first-order valence-electron chi connectivity index (χ1n) is 8.06. The summed E-state index contributed by atoms with van der Waals surface area (Å²) in [4.78, 5) is 22.5. The molecule has 0 saturated carbocycles. The van der Waals surface area contributed by atoms with Crippen molar-refractivity contribution in [2.45, 2.75) is 32.4 Å². The quantitative estimate of drug-likeness (QED) is 0.866. The molecule has 1 aliphatic heterocycles. The van der Waals surface area contributed by atoms with E-state index in [9.17, 15) is 4.79 Å².